The molecule has 5 nitrogen and oxygen atoms in total. The summed E-state index contributed by atoms with van der Waals surface area (Å²) in [5, 5.41) is 12.4. The molecule has 1 amide bonds. The van der Waals surface area contributed by atoms with Crippen LogP contribution in [0.5, 0.6) is 0 Å². The number of likely N-dealkylation sites (tertiary alicyclic amines) is 1. The largest absolute Gasteiger partial charge is 0.352 e. The molecule has 7 heteroatoms. The van der Waals surface area contributed by atoms with Crippen LogP contribution in [0.25, 0.3) is 0 Å². The lowest BCUT2D eigenvalue weighted by atomic mass is 10.1. The molecule has 18 heavy (non-hydrogen) atoms. The van der Waals surface area contributed by atoms with Crippen molar-refractivity contribution in [3.05, 3.63) is 10.0 Å². The number of halogens is 1. The summed E-state index contributed by atoms with van der Waals surface area (Å²) in [6.07, 6.45) is 3.35. The molecule has 0 unspecified atom stereocenters. The second-order valence-corrected chi connectivity index (χ2v) is 5.40. The number of rotatable bonds is 3. The van der Waals surface area contributed by atoms with Gasteiger partial charge < -0.3 is 10.2 Å². The molecule has 1 aromatic heterocycles. The van der Waals surface area contributed by atoms with E-state index >= 15 is 0 Å². The molecule has 0 aliphatic carbocycles. The number of aromatic nitrogens is 1. The number of nitrogens with one attached hydrogen (secondary N) is 1. The van der Waals surface area contributed by atoms with E-state index in [1.54, 1.807) is 0 Å². The number of nitrogens with zero attached hydrogens (tertiary/aromatic N) is 3. The minimum atomic E-state index is 0.0690. The van der Waals surface area contributed by atoms with Crippen LogP contribution >= 0.6 is 22.9 Å². The highest BCUT2D eigenvalue weighted by Crippen LogP contribution is 2.25. The second kappa shape index (κ2) is 6.03. The second-order valence-electron chi connectivity index (χ2n) is 4.05. The third-order valence-corrected chi connectivity index (χ3v) is 4.09. The SMILES string of the molecule is N#Cc1sc(NCC(=O)N2CCCCC2)nc1Cl. The van der Waals surface area contributed by atoms with Gasteiger partial charge in [0.25, 0.3) is 0 Å². The number of hydrogen-bond acceptors (Lipinski definition) is 5. The maximum atomic E-state index is 11.9. The minimum absolute atomic E-state index is 0.0690. The molecule has 1 fully saturated rings. The molecule has 1 aliphatic rings. The van der Waals surface area contributed by atoms with E-state index in [0.717, 1.165) is 37.3 Å². The average molecular weight is 285 g/mol. The fraction of sp³-hybridized carbons (Fsp3) is 0.545. The van der Waals surface area contributed by atoms with Gasteiger partial charge in [0.2, 0.25) is 5.91 Å². The van der Waals surface area contributed by atoms with Gasteiger partial charge in [-0.1, -0.05) is 22.9 Å². The first-order valence-electron chi connectivity index (χ1n) is 5.79. The van der Waals surface area contributed by atoms with E-state index in [0.29, 0.717) is 10.0 Å². The first-order valence-corrected chi connectivity index (χ1v) is 6.98. The molecule has 96 valence electrons. The monoisotopic (exact) mass is 284 g/mol. The fourth-order valence-electron chi connectivity index (χ4n) is 1.85. The Morgan fingerprint density at radius 2 is 2.22 bits per heavy atom. The lowest BCUT2D eigenvalue weighted by molar-refractivity contribution is -0.130. The molecule has 1 saturated heterocycles. The van der Waals surface area contributed by atoms with Gasteiger partial charge in [-0.25, -0.2) is 4.98 Å². The topological polar surface area (TPSA) is 69.0 Å². The lowest BCUT2D eigenvalue weighted by Crippen LogP contribution is -2.39. The number of hydrogen-bond donors (Lipinski definition) is 1. The van der Waals surface area contributed by atoms with E-state index in [2.05, 4.69) is 10.3 Å². The summed E-state index contributed by atoms with van der Waals surface area (Å²) in [6, 6.07) is 1.96. The van der Waals surface area contributed by atoms with Gasteiger partial charge in [-0.15, -0.1) is 0 Å². The Balaban J connectivity index is 1.87. The molecule has 2 heterocycles. The number of thiazole rings is 1. The van der Waals surface area contributed by atoms with Gasteiger partial charge in [-0.3, -0.25) is 4.79 Å². The van der Waals surface area contributed by atoms with E-state index < -0.39 is 0 Å². The normalized spacial score (nSPS) is 15.2. The summed E-state index contributed by atoms with van der Waals surface area (Å²) in [5.74, 6) is 0.0690. The Kier molecular flexibility index (Phi) is 4.39. The third kappa shape index (κ3) is 3.12. The van der Waals surface area contributed by atoms with Crippen LogP contribution in [0, 0.1) is 11.3 Å². The van der Waals surface area contributed by atoms with Crippen LogP contribution < -0.4 is 5.32 Å². The molecule has 0 spiro atoms. The molecule has 0 atom stereocenters. The minimum Gasteiger partial charge on any atom is -0.352 e. The van der Waals surface area contributed by atoms with Crippen molar-refractivity contribution in [1.29, 1.82) is 5.26 Å². The maximum absolute atomic E-state index is 11.9. The van der Waals surface area contributed by atoms with Crippen LogP contribution in [0.15, 0.2) is 0 Å². The highest BCUT2D eigenvalue weighted by Gasteiger charge is 2.17. The highest BCUT2D eigenvalue weighted by atomic mass is 35.5. The van der Waals surface area contributed by atoms with Crippen molar-refractivity contribution in [2.75, 3.05) is 25.0 Å². The van der Waals surface area contributed by atoms with Gasteiger partial charge in [0.05, 0.1) is 6.54 Å². The predicted molar refractivity (Wildman–Crippen MR) is 70.8 cm³/mol. The fourth-order valence-corrected chi connectivity index (χ4v) is 2.80. The lowest BCUT2D eigenvalue weighted by Gasteiger charge is -2.26. The van der Waals surface area contributed by atoms with E-state index in [1.807, 2.05) is 11.0 Å². The quantitative estimate of drug-likeness (QED) is 0.923. The Labute approximate surface area is 114 Å². The molecule has 0 radical (unpaired) electrons. The summed E-state index contributed by atoms with van der Waals surface area (Å²) in [7, 11) is 0. The van der Waals surface area contributed by atoms with Gasteiger partial charge >= 0.3 is 0 Å². The van der Waals surface area contributed by atoms with E-state index in [9.17, 15) is 4.79 Å². The van der Waals surface area contributed by atoms with Crippen molar-refractivity contribution in [1.82, 2.24) is 9.88 Å². The van der Waals surface area contributed by atoms with Gasteiger partial charge in [0.15, 0.2) is 10.3 Å². The van der Waals surface area contributed by atoms with E-state index in [-0.39, 0.29) is 17.6 Å². The molecule has 0 aromatic carbocycles. The van der Waals surface area contributed by atoms with E-state index in [4.69, 9.17) is 16.9 Å². The van der Waals surface area contributed by atoms with Gasteiger partial charge in [-0.2, -0.15) is 5.26 Å². The molecular weight excluding hydrogens is 272 g/mol. The number of anilines is 1. The standard InChI is InChI=1S/C11H13ClN4OS/c12-10-8(6-13)18-11(15-10)14-7-9(17)16-4-2-1-3-5-16/h1-5,7H2,(H,14,15). The van der Waals surface area contributed by atoms with E-state index in [1.165, 1.54) is 6.42 Å². The van der Waals surface area contributed by atoms with Crippen molar-refractivity contribution in [3.63, 3.8) is 0 Å². The summed E-state index contributed by atoms with van der Waals surface area (Å²) in [5.41, 5.74) is 0. The van der Waals surface area contributed by atoms with Crippen molar-refractivity contribution < 1.29 is 4.79 Å². The van der Waals surface area contributed by atoms with Crippen LogP contribution in [-0.4, -0.2) is 35.4 Å². The first-order chi connectivity index (χ1) is 8.70. The summed E-state index contributed by atoms with van der Waals surface area (Å²) < 4.78 is 0. The zero-order valence-corrected chi connectivity index (χ0v) is 11.4. The Bertz CT molecular complexity index is 476. The molecule has 2 rings (SSSR count). The Hall–Kier alpha value is -1.32. The van der Waals surface area contributed by atoms with Crippen LogP contribution in [0.3, 0.4) is 0 Å². The summed E-state index contributed by atoms with van der Waals surface area (Å²) in [6.45, 7) is 1.87. The molecule has 0 saturated carbocycles. The number of piperidine rings is 1. The van der Waals surface area contributed by atoms with Gasteiger partial charge in [0.1, 0.15) is 10.9 Å². The van der Waals surface area contributed by atoms with Gasteiger partial charge in [0, 0.05) is 13.1 Å². The van der Waals surface area contributed by atoms with Crippen molar-refractivity contribution in [3.8, 4) is 6.07 Å². The van der Waals surface area contributed by atoms with Crippen molar-refractivity contribution in [2.45, 2.75) is 19.3 Å². The number of nitriles is 1. The zero-order chi connectivity index (χ0) is 13.0. The zero-order valence-electron chi connectivity index (χ0n) is 9.78. The predicted octanol–water partition coefficient (Wildman–Crippen LogP) is 2.09. The Morgan fingerprint density at radius 3 is 2.83 bits per heavy atom. The summed E-state index contributed by atoms with van der Waals surface area (Å²) in [4.78, 5) is 18.1. The van der Waals surface area contributed by atoms with Crippen molar-refractivity contribution >= 4 is 34.0 Å². The van der Waals surface area contributed by atoms with Crippen LogP contribution in [-0.2, 0) is 4.79 Å². The van der Waals surface area contributed by atoms with Crippen LogP contribution in [0.1, 0.15) is 24.1 Å². The molecule has 1 aliphatic heterocycles. The number of carbonyl (C=O) groups is 1. The number of carbonyl (C=O) groups excluding carboxylic acids is 1. The summed E-state index contributed by atoms with van der Waals surface area (Å²) >= 11 is 6.91. The van der Waals surface area contributed by atoms with Gasteiger partial charge in [-0.05, 0) is 19.3 Å². The third-order valence-electron chi connectivity index (χ3n) is 2.79. The maximum Gasteiger partial charge on any atom is 0.241 e. The highest BCUT2D eigenvalue weighted by molar-refractivity contribution is 7.16. The van der Waals surface area contributed by atoms with Crippen molar-refractivity contribution in [2.24, 2.45) is 0 Å². The first kappa shape index (κ1) is 13.1. The number of amides is 1. The molecule has 1 N–H and O–H groups in total. The molecule has 0 bridgehead atoms. The smallest absolute Gasteiger partial charge is 0.241 e. The molecule has 1 aromatic rings. The Morgan fingerprint density at radius 1 is 1.50 bits per heavy atom. The van der Waals surface area contributed by atoms with Crippen LogP contribution in [0.4, 0.5) is 5.13 Å². The van der Waals surface area contributed by atoms with Crippen LogP contribution in [0.2, 0.25) is 5.15 Å². The average Bonchev–Trinajstić information content (AvgIpc) is 2.77. The molecular formula is C11H13ClN4OS.